The molecule has 2 aromatic heterocycles. The molecule has 0 unspecified atom stereocenters. The van der Waals surface area contributed by atoms with E-state index in [0.717, 1.165) is 28.3 Å². The van der Waals surface area contributed by atoms with Crippen molar-refractivity contribution in [1.29, 1.82) is 0 Å². The summed E-state index contributed by atoms with van der Waals surface area (Å²) in [6.07, 6.45) is 3.54. The topological polar surface area (TPSA) is 71.1 Å². The summed E-state index contributed by atoms with van der Waals surface area (Å²) in [5.41, 5.74) is 4.40. The summed E-state index contributed by atoms with van der Waals surface area (Å²) in [4.78, 5) is 16.4. The van der Waals surface area contributed by atoms with Gasteiger partial charge in [0, 0.05) is 11.8 Å². The number of imidazole rings is 1. The van der Waals surface area contributed by atoms with E-state index in [-0.39, 0.29) is 5.91 Å². The van der Waals surface area contributed by atoms with Crippen LogP contribution in [0.1, 0.15) is 17.0 Å². The molecule has 0 radical (unpaired) electrons. The molecule has 0 bridgehead atoms. The molecule has 0 saturated heterocycles. The minimum atomic E-state index is -0.238. The first kappa shape index (κ1) is 13.4. The summed E-state index contributed by atoms with van der Waals surface area (Å²) < 4.78 is 1.93. The van der Waals surface area contributed by atoms with Crippen LogP contribution in [0.15, 0.2) is 58.9 Å². The van der Waals surface area contributed by atoms with Gasteiger partial charge >= 0.3 is 0 Å². The maximum absolute atomic E-state index is 12.0. The van der Waals surface area contributed by atoms with Crippen LogP contribution in [0.5, 0.6) is 0 Å². The molecule has 0 aliphatic carbocycles. The lowest BCUT2D eigenvalue weighted by atomic mass is 10.1. The zero-order valence-corrected chi connectivity index (χ0v) is 12.4. The molecular formula is C17H13N5O. The van der Waals surface area contributed by atoms with Crippen LogP contribution in [0.4, 0.5) is 5.69 Å². The minimum absolute atomic E-state index is 0.238. The average Bonchev–Trinajstić information content (AvgIpc) is 3.04. The molecule has 112 valence electrons. The second-order valence-electron chi connectivity index (χ2n) is 5.20. The number of nitrogens with zero attached hydrogens (tertiary/aromatic N) is 4. The molecule has 4 rings (SSSR count). The largest absolute Gasteiger partial charge is 0.320 e. The Balaban J connectivity index is 1.72. The van der Waals surface area contributed by atoms with Gasteiger partial charge in [0.1, 0.15) is 5.65 Å². The van der Waals surface area contributed by atoms with Gasteiger partial charge < -0.3 is 5.32 Å². The lowest BCUT2D eigenvalue weighted by molar-refractivity contribution is -0.110. The van der Waals surface area contributed by atoms with E-state index in [4.69, 9.17) is 0 Å². The number of hydrogen-bond acceptors (Lipinski definition) is 4. The zero-order valence-electron chi connectivity index (χ0n) is 12.4. The van der Waals surface area contributed by atoms with Crippen molar-refractivity contribution in [3.63, 3.8) is 0 Å². The van der Waals surface area contributed by atoms with E-state index in [0.29, 0.717) is 5.71 Å². The van der Waals surface area contributed by atoms with Gasteiger partial charge in [0.2, 0.25) is 0 Å². The summed E-state index contributed by atoms with van der Waals surface area (Å²) in [5, 5.41) is 11.0. The molecule has 1 aromatic carbocycles. The molecule has 0 atom stereocenters. The number of anilines is 1. The molecule has 0 fully saturated rings. The number of aromatic nitrogens is 2. The summed E-state index contributed by atoms with van der Waals surface area (Å²) >= 11 is 0. The minimum Gasteiger partial charge on any atom is -0.320 e. The van der Waals surface area contributed by atoms with Crippen molar-refractivity contribution in [1.82, 2.24) is 9.38 Å². The third-order valence-corrected chi connectivity index (χ3v) is 3.73. The van der Waals surface area contributed by atoms with Crippen LogP contribution in [0.25, 0.3) is 5.65 Å². The number of rotatable bonds is 2. The zero-order chi connectivity index (χ0) is 15.8. The molecule has 0 saturated carbocycles. The van der Waals surface area contributed by atoms with Crippen LogP contribution in [-0.4, -0.2) is 27.2 Å². The van der Waals surface area contributed by atoms with E-state index in [1.807, 2.05) is 60.0 Å². The molecule has 6 heteroatoms. The van der Waals surface area contributed by atoms with Crippen molar-refractivity contribution in [2.45, 2.75) is 6.92 Å². The molecule has 3 heterocycles. The van der Waals surface area contributed by atoms with Gasteiger partial charge in [-0.05, 0) is 25.1 Å². The summed E-state index contributed by atoms with van der Waals surface area (Å²) in [6, 6.07) is 13.2. The average molecular weight is 303 g/mol. The van der Waals surface area contributed by atoms with E-state index < -0.39 is 0 Å². The highest BCUT2D eigenvalue weighted by Crippen LogP contribution is 2.22. The van der Waals surface area contributed by atoms with E-state index >= 15 is 0 Å². The van der Waals surface area contributed by atoms with Crippen LogP contribution in [0, 0.1) is 6.92 Å². The van der Waals surface area contributed by atoms with Gasteiger partial charge in [0.25, 0.3) is 5.91 Å². The normalized spacial score (nSPS) is 15.5. The first-order valence-electron chi connectivity index (χ1n) is 7.19. The lowest BCUT2D eigenvalue weighted by Crippen LogP contribution is -2.13. The van der Waals surface area contributed by atoms with Gasteiger partial charge in [0.05, 0.1) is 23.3 Å². The van der Waals surface area contributed by atoms with Crippen LogP contribution in [0.2, 0.25) is 0 Å². The van der Waals surface area contributed by atoms with E-state index in [9.17, 15) is 4.79 Å². The number of amides is 1. The van der Waals surface area contributed by atoms with Gasteiger partial charge in [0.15, 0.2) is 5.71 Å². The summed E-state index contributed by atoms with van der Waals surface area (Å²) in [6.45, 7) is 1.92. The first-order chi connectivity index (χ1) is 11.2. The van der Waals surface area contributed by atoms with Crippen molar-refractivity contribution >= 4 is 29.2 Å². The van der Waals surface area contributed by atoms with Gasteiger partial charge in [-0.1, -0.05) is 24.3 Å². The van der Waals surface area contributed by atoms with Crippen molar-refractivity contribution < 1.29 is 4.79 Å². The van der Waals surface area contributed by atoms with Crippen molar-refractivity contribution in [3.05, 3.63) is 65.6 Å². The third kappa shape index (κ3) is 2.20. The van der Waals surface area contributed by atoms with E-state index in [2.05, 4.69) is 20.5 Å². The maximum atomic E-state index is 12.0. The molecular weight excluding hydrogens is 290 g/mol. The monoisotopic (exact) mass is 303 g/mol. The predicted molar refractivity (Wildman–Crippen MR) is 89.1 cm³/mol. The van der Waals surface area contributed by atoms with E-state index in [1.54, 1.807) is 6.21 Å². The molecule has 1 aliphatic rings. The van der Waals surface area contributed by atoms with E-state index in [1.165, 1.54) is 0 Å². The molecule has 1 aliphatic heterocycles. The molecule has 0 spiro atoms. The SMILES string of the molecule is Cc1nc2ccccn2c1/C=N/N=C1/C(=O)Nc2ccccc21. The molecule has 3 aromatic rings. The molecule has 1 amide bonds. The Morgan fingerprint density at radius 1 is 1.17 bits per heavy atom. The highest BCUT2D eigenvalue weighted by molar-refractivity contribution is 6.53. The number of hydrogen-bond donors (Lipinski definition) is 1. The number of para-hydroxylation sites is 1. The van der Waals surface area contributed by atoms with Crippen molar-refractivity contribution in [2.75, 3.05) is 5.32 Å². The molecule has 6 nitrogen and oxygen atoms in total. The van der Waals surface area contributed by atoms with Gasteiger partial charge in [-0.3, -0.25) is 9.20 Å². The van der Waals surface area contributed by atoms with Crippen LogP contribution >= 0.6 is 0 Å². The number of pyridine rings is 1. The predicted octanol–water partition coefficient (Wildman–Crippen LogP) is 2.42. The second-order valence-corrected chi connectivity index (χ2v) is 5.20. The summed E-state index contributed by atoms with van der Waals surface area (Å²) in [5.74, 6) is -0.238. The Morgan fingerprint density at radius 3 is 2.91 bits per heavy atom. The Kier molecular flexibility index (Phi) is 3.01. The third-order valence-electron chi connectivity index (χ3n) is 3.73. The smallest absolute Gasteiger partial charge is 0.276 e. The summed E-state index contributed by atoms with van der Waals surface area (Å²) in [7, 11) is 0. The van der Waals surface area contributed by atoms with Crippen LogP contribution in [0.3, 0.4) is 0 Å². The highest BCUT2D eigenvalue weighted by atomic mass is 16.2. The maximum Gasteiger partial charge on any atom is 0.276 e. The fourth-order valence-electron chi connectivity index (χ4n) is 2.63. The Hall–Kier alpha value is -3.28. The fourth-order valence-corrected chi connectivity index (χ4v) is 2.63. The Labute approximate surface area is 132 Å². The second kappa shape index (κ2) is 5.17. The van der Waals surface area contributed by atoms with Crippen molar-refractivity contribution in [3.8, 4) is 0 Å². The number of nitrogens with one attached hydrogen (secondary N) is 1. The van der Waals surface area contributed by atoms with Crippen LogP contribution in [-0.2, 0) is 4.79 Å². The molecule has 1 N–H and O–H groups in total. The van der Waals surface area contributed by atoms with Gasteiger partial charge in [-0.25, -0.2) is 4.98 Å². The first-order valence-corrected chi connectivity index (χ1v) is 7.19. The quantitative estimate of drug-likeness (QED) is 0.583. The lowest BCUT2D eigenvalue weighted by Gasteiger charge is -1.95. The number of carbonyl (C=O) groups excluding carboxylic acids is 1. The van der Waals surface area contributed by atoms with Gasteiger partial charge in [-0.2, -0.15) is 5.10 Å². The van der Waals surface area contributed by atoms with Gasteiger partial charge in [-0.15, -0.1) is 5.10 Å². The fraction of sp³-hybridized carbons (Fsp3) is 0.0588. The number of carbonyl (C=O) groups is 1. The highest BCUT2D eigenvalue weighted by Gasteiger charge is 2.25. The number of aryl methyl sites for hydroxylation is 1. The Bertz CT molecular complexity index is 984. The van der Waals surface area contributed by atoms with Crippen molar-refractivity contribution in [2.24, 2.45) is 10.2 Å². The Morgan fingerprint density at radius 2 is 2.00 bits per heavy atom. The van der Waals surface area contributed by atoms with Crippen LogP contribution < -0.4 is 5.32 Å². The standard InChI is InChI=1S/C17H13N5O/c1-11-14(22-9-5-4-8-15(22)19-11)10-18-21-16-12-6-2-3-7-13(12)20-17(16)23/h2-10H,1H3,(H,20,21,23)/b18-10+. The number of benzene rings is 1. The molecule has 23 heavy (non-hydrogen) atoms. The number of fused-ring (bicyclic) bond motifs is 2.